The molecule has 0 aliphatic carbocycles. The van der Waals surface area contributed by atoms with Crippen LogP contribution in [0.3, 0.4) is 0 Å². The van der Waals surface area contributed by atoms with E-state index >= 15 is 0 Å². The summed E-state index contributed by atoms with van der Waals surface area (Å²) in [5, 5.41) is 9.42. The van der Waals surface area contributed by atoms with Crippen molar-refractivity contribution in [3.8, 4) is 0 Å². The summed E-state index contributed by atoms with van der Waals surface area (Å²) >= 11 is 0. The summed E-state index contributed by atoms with van der Waals surface area (Å²) in [6, 6.07) is 1.74. The van der Waals surface area contributed by atoms with Crippen LogP contribution < -0.4 is 0 Å². The minimum Gasteiger partial charge on any atom is -0.388 e. The molecule has 102 valence electrons. The molecule has 1 nitrogen and oxygen atoms in total. The molecule has 0 heterocycles. The van der Waals surface area contributed by atoms with E-state index in [1.165, 1.54) is 6.92 Å². The minimum absolute atomic E-state index is 0.240. The molecule has 0 bridgehead atoms. The molecule has 1 unspecified atom stereocenters. The van der Waals surface area contributed by atoms with Crippen molar-refractivity contribution in [1.29, 1.82) is 0 Å². The number of halogens is 6. The zero-order chi connectivity index (χ0) is 14.1. The predicted molar refractivity (Wildman–Crippen MR) is 51.7 cm³/mol. The van der Waals surface area contributed by atoms with Gasteiger partial charge in [0.25, 0.3) is 0 Å². The van der Waals surface area contributed by atoms with E-state index in [-0.39, 0.29) is 6.42 Å². The Kier molecular flexibility index (Phi) is 3.95. The Labute approximate surface area is 99.0 Å². The Morgan fingerprint density at radius 3 is 1.67 bits per heavy atom. The van der Waals surface area contributed by atoms with Crippen LogP contribution in [0.25, 0.3) is 0 Å². The van der Waals surface area contributed by atoms with Crippen LogP contribution in [0.4, 0.5) is 26.3 Å². The number of rotatable bonds is 2. The summed E-state index contributed by atoms with van der Waals surface area (Å²) in [4.78, 5) is 0. The number of aliphatic hydroxyl groups is 1. The maximum Gasteiger partial charge on any atom is 0.416 e. The van der Waals surface area contributed by atoms with Crippen LogP contribution in [-0.4, -0.2) is 5.11 Å². The average molecular weight is 272 g/mol. The second-order valence-electron chi connectivity index (χ2n) is 3.69. The van der Waals surface area contributed by atoms with E-state index in [9.17, 15) is 31.4 Å². The zero-order valence-corrected chi connectivity index (χ0v) is 9.23. The van der Waals surface area contributed by atoms with Gasteiger partial charge in [0.05, 0.1) is 17.2 Å². The van der Waals surface area contributed by atoms with E-state index in [2.05, 4.69) is 0 Å². The highest BCUT2D eigenvalue weighted by molar-refractivity contribution is 5.40. The van der Waals surface area contributed by atoms with Crippen molar-refractivity contribution >= 4 is 0 Å². The molecule has 7 heteroatoms. The lowest BCUT2D eigenvalue weighted by Gasteiger charge is -2.21. The lowest BCUT2D eigenvalue weighted by Crippen LogP contribution is -2.18. The summed E-state index contributed by atoms with van der Waals surface area (Å²) in [5.74, 6) is 0. The highest BCUT2D eigenvalue weighted by Gasteiger charge is 2.41. The third-order valence-corrected chi connectivity index (χ3v) is 2.44. The number of alkyl halides is 6. The van der Waals surface area contributed by atoms with E-state index in [0.717, 1.165) is 0 Å². The van der Waals surface area contributed by atoms with Crippen LogP contribution in [0.5, 0.6) is 0 Å². The third-order valence-electron chi connectivity index (χ3n) is 2.44. The first kappa shape index (κ1) is 14.8. The molecule has 1 N–H and O–H groups in total. The first-order valence-corrected chi connectivity index (χ1v) is 5.04. The van der Waals surface area contributed by atoms with E-state index in [1.807, 2.05) is 0 Å². The largest absolute Gasteiger partial charge is 0.416 e. The molecule has 0 radical (unpaired) electrons. The summed E-state index contributed by atoms with van der Waals surface area (Å²) in [5.41, 5.74) is -4.02. The highest BCUT2D eigenvalue weighted by atomic mass is 19.4. The van der Waals surface area contributed by atoms with Gasteiger partial charge < -0.3 is 5.11 Å². The summed E-state index contributed by atoms with van der Waals surface area (Å²) < 4.78 is 75.8. The number of aliphatic hydroxyl groups excluding tert-OH is 1. The second-order valence-corrected chi connectivity index (χ2v) is 3.69. The topological polar surface area (TPSA) is 20.2 Å². The van der Waals surface area contributed by atoms with Gasteiger partial charge in [0.1, 0.15) is 0 Å². The van der Waals surface area contributed by atoms with Crippen LogP contribution in [0.2, 0.25) is 0 Å². The molecule has 0 amide bonds. The van der Waals surface area contributed by atoms with Crippen molar-refractivity contribution < 1.29 is 31.4 Å². The molecular weight excluding hydrogens is 262 g/mol. The van der Waals surface area contributed by atoms with Gasteiger partial charge in [-0.1, -0.05) is 13.0 Å². The third kappa shape index (κ3) is 2.95. The van der Waals surface area contributed by atoms with Gasteiger partial charge in [-0.15, -0.1) is 0 Å². The number of hydrogen-bond acceptors (Lipinski definition) is 1. The lowest BCUT2D eigenvalue weighted by atomic mass is 9.94. The summed E-state index contributed by atoms with van der Waals surface area (Å²) in [6.45, 7) is 1.30. The maximum atomic E-state index is 12.6. The molecule has 0 saturated carbocycles. The molecule has 0 spiro atoms. The van der Waals surface area contributed by atoms with Gasteiger partial charge >= 0.3 is 12.4 Å². The summed E-state index contributed by atoms with van der Waals surface area (Å²) in [6.07, 6.45) is -11.9. The molecule has 0 fully saturated rings. The van der Waals surface area contributed by atoms with Crippen molar-refractivity contribution in [3.63, 3.8) is 0 Å². The van der Waals surface area contributed by atoms with Crippen molar-refractivity contribution in [1.82, 2.24) is 0 Å². The van der Waals surface area contributed by atoms with Gasteiger partial charge in [0.15, 0.2) is 0 Å². The predicted octanol–water partition coefficient (Wildman–Crippen LogP) is 4.17. The molecular formula is C11H10F6O. The molecule has 1 rings (SSSR count). The van der Waals surface area contributed by atoms with Crippen molar-refractivity contribution in [2.75, 3.05) is 0 Å². The van der Waals surface area contributed by atoms with Crippen molar-refractivity contribution in [2.24, 2.45) is 0 Å². The van der Waals surface area contributed by atoms with Gasteiger partial charge in [-0.2, -0.15) is 26.3 Å². The van der Waals surface area contributed by atoms with Crippen LogP contribution in [-0.2, 0) is 12.4 Å². The number of hydrogen-bond donors (Lipinski definition) is 1. The Hall–Kier alpha value is -1.24. The quantitative estimate of drug-likeness (QED) is 0.801. The van der Waals surface area contributed by atoms with Crippen LogP contribution in [0.15, 0.2) is 18.2 Å². The van der Waals surface area contributed by atoms with Crippen LogP contribution in [0, 0.1) is 0 Å². The molecule has 18 heavy (non-hydrogen) atoms. The SMILES string of the molecule is CCC(O)c1c(C(F)(F)F)cccc1C(F)(F)F. The maximum absolute atomic E-state index is 12.6. The Balaban J connectivity index is 3.56. The molecule has 0 aliphatic rings. The average Bonchev–Trinajstić information content (AvgIpc) is 2.24. The van der Waals surface area contributed by atoms with Crippen molar-refractivity contribution in [3.05, 3.63) is 34.9 Å². The first-order chi connectivity index (χ1) is 8.09. The smallest absolute Gasteiger partial charge is 0.388 e. The minimum atomic E-state index is -4.94. The first-order valence-electron chi connectivity index (χ1n) is 5.04. The van der Waals surface area contributed by atoms with E-state index in [1.54, 1.807) is 0 Å². The second kappa shape index (κ2) is 4.79. The molecule has 1 atom stereocenters. The molecule has 1 aromatic carbocycles. The molecule has 0 aromatic heterocycles. The monoisotopic (exact) mass is 272 g/mol. The Morgan fingerprint density at radius 1 is 1.00 bits per heavy atom. The van der Waals surface area contributed by atoms with E-state index in [0.29, 0.717) is 18.2 Å². The van der Waals surface area contributed by atoms with E-state index < -0.39 is 35.1 Å². The van der Waals surface area contributed by atoms with Crippen LogP contribution >= 0.6 is 0 Å². The summed E-state index contributed by atoms with van der Waals surface area (Å²) in [7, 11) is 0. The fourth-order valence-corrected chi connectivity index (χ4v) is 1.62. The van der Waals surface area contributed by atoms with Gasteiger partial charge in [-0.3, -0.25) is 0 Å². The van der Waals surface area contributed by atoms with Gasteiger partial charge in [-0.05, 0) is 18.6 Å². The van der Waals surface area contributed by atoms with Gasteiger partial charge in [0.2, 0.25) is 0 Å². The lowest BCUT2D eigenvalue weighted by molar-refractivity contribution is -0.146. The van der Waals surface area contributed by atoms with Crippen molar-refractivity contribution in [2.45, 2.75) is 31.8 Å². The van der Waals surface area contributed by atoms with Crippen LogP contribution in [0.1, 0.15) is 36.1 Å². The normalized spacial score (nSPS) is 14.7. The Morgan fingerprint density at radius 2 is 1.39 bits per heavy atom. The highest BCUT2D eigenvalue weighted by Crippen LogP contribution is 2.42. The van der Waals surface area contributed by atoms with E-state index in [4.69, 9.17) is 0 Å². The molecule has 1 aromatic rings. The zero-order valence-electron chi connectivity index (χ0n) is 9.23. The fraction of sp³-hybridized carbons (Fsp3) is 0.455. The molecule has 0 aliphatic heterocycles. The molecule has 0 saturated heterocycles. The van der Waals surface area contributed by atoms with Gasteiger partial charge in [0, 0.05) is 5.56 Å². The number of benzene rings is 1. The fourth-order valence-electron chi connectivity index (χ4n) is 1.62. The standard InChI is InChI=1S/C11H10F6O/c1-2-8(18)9-6(10(12,13)14)4-3-5-7(9)11(15,16)17/h3-5,8,18H,2H2,1H3. The van der Waals surface area contributed by atoms with Gasteiger partial charge in [-0.25, -0.2) is 0 Å². The Bertz CT molecular complexity index is 388.